The molecule has 0 fully saturated rings. The maximum atomic E-state index is 11.7. The summed E-state index contributed by atoms with van der Waals surface area (Å²) >= 11 is 0. The molecule has 0 saturated heterocycles. The largest absolute Gasteiger partial charge is 0.272 e. The molecule has 0 radical (unpaired) electrons. The van der Waals surface area contributed by atoms with Gasteiger partial charge in [0.05, 0.1) is 11.2 Å². The van der Waals surface area contributed by atoms with Gasteiger partial charge in [-0.05, 0) is 12.0 Å². The highest BCUT2D eigenvalue weighted by atomic mass is 16.3. The summed E-state index contributed by atoms with van der Waals surface area (Å²) in [6, 6.07) is 9.40. The highest BCUT2D eigenvalue weighted by Gasteiger charge is 2.22. The summed E-state index contributed by atoms with van der Waals surface area (Å²) in [5.74, 6) is -0.549. The minimum absolute atomic E-state index is 0.265. The molecule has 0 aromatic heterocycles. The second-order valence-corrected chi connectivity index (χ2v) is 3.32. The number of rotatable bonds is 4. The number of nitroso groups, excluding NO2 is 1. The van der Waals surface area contributed by atoms with E-state index in [1.54, 1.807) is 0 Å². The molecule has 0 bridgehead atoms. The zero-order chi connectivity index (χ0) is 11.3. The molecule has 0 aliphatic rings. The first-order valence-corrected chi connectivity index (χ1v) is 4.86. The first-order valence-electron chi connectivity index (χ1n) is 4.86. The van der Waals surface area contributed by atoms with Gasteiger partial charge in [-0.25, -0.2) is 0 Å². The van der Waals surface area contributed by atoms with Crippen LogP contribution in [-0.2, 0) is 4.79 Å². The Balaban J connectivity index is 2.90. The standard InChI is InChI=1S/C11H14N2O2/c1-3-10(11(14)13(2)12-15)9-7-5-4-6-8-9/h4-8,10H,3H2,1-2H3/t10-/m0/s1. The minimum atomic E-state index is -0.283. The first kappa shape index (κ1) is 11.4. The van der Waals surface area contributed by atoms with E-state index in [2.05, 4.69) is 5.29 Å². The van der Waals surface area contributed by atoms with Crippen molar-refractivity contribution in [2.24, 2.45) is 5.29 Å². The van der Waals surface area contributed by atoms with Crippen LogP contribution in [0.15, 0.2) is 35.6 Å². The zero-order valence-electron chi connectivity index (χ0n) is 8.88. The second kappa shape index (κ2) is 5.24. The fraction of sp³-hybridized carbons (Fsp3) is 0.364. The van der Waals surface area contributed by atoms with Crippen LogP contribution in [0.25, 0.3) is 0 Å². The predicted octanol–water partition coefficient (Wildman–Crippen LogP) is 2.32. The van der Waals surface area contributed by atoms with Gasteiger partial charge in [-0.3, -0.25) is 4.79 Å². The average Bonchev–Trinajstić information content (AvgIpc) is 2.30. The van der Waals surface area contributed by atoms with E-state index in [-0.39, 0.29) is 11.8 Å². The third kappa shape index (κ3) is 2.62. The van der Waals surface area contributed by atoms with Crippen LogP contribution in [0.2, 0.25) is 0 Å². The summed E-state index contributed by atoms with van der Waals surface area (Å²) in [5.41, 5.74) is 0.917. The van der Waals surface area contributed by atoms with Crippen LogP contribution in [-0.4, -0.2) is 18.0 Å². The lowest BCUT2D eigenvalue weighted by Gasteiger charge is -2.16. The highest BCUT2D eigenvalue weighted by Crippen LogP contribution is 2.21. The normalized spacial score (nSPS) is 11.9. The molecule has 15 heavy (non-hydrogen) atoms. The Morgan fingerprint density at radius 2 is 2.00 bits per heavy atom. The number of benzene rings is 1. The van der Waals surface area contributed by atoms with Crippen molar-refractivity contribution in [2.75, 3.05) is 7.05 Å². The van der Waals surface area contributed by atoms with Crippen LogP contribution in [0.1, 0.15) is 24.8 Å². The fourth-order valence-electron chi connectivity index (χ4n) is 1.50. The summed E-state index contributed by atoms with van der Waals surface area (Å²) in [6.07, 6.45) is 0.655. The molecule has 1 amide bonds. The van der Waals surface area contributed by atoms with Gasteiger partial charge in [0.15, 0.2) is 0 Å². The summed E-state index contributed by atoms with van der Waals surface area (Å²) in [5, 5.41) is 3.46. The molecule has 1 atom stereocenters. The maximum absolute atomic E-state index is 11.7. The number of likely N-dealkylation sites (N-methyl/N-ethyl adjacent to an activating group) is 1. The van der Waals surface area contributed by atoms with Gasteiger partial charge in [-0.15, -0.1) is 4.91 Å². The number of hydrogen-bond acceptors (Lipinski definition) is 3. The minimum Gasteiger partial charge on any atom is -0.272 e. The van der Waals surface area contributed by atoms with Gasteiger partial charge in [-0.2, -0.15) is 5.01 Å². The van der Waals surface area contributed by atoms with Gasteiger partial charge >= 0.3 is 0 Å². The topological polar surface area (TPSA) is 49.7 Å². The van der Waals surface area contributed by atoms with E-state index < -0.39 is 0 Å². The molecular formula is C11H14N2O2. The van der Waals surface area contributed by atoms with Gasteiger partial charge in [0, 0.05) is 7.05 Å². The third-order valence-electron chi connectivity index (χ3n) is 2.35. The van der Waals surface area contributed by atoms with Crippen molar-refractivity contribution in [1.29, 1.82) is 0 Å². The molecular weight excluding hydrogens is 192 g/mol. The molecule has 0 N–H and O–H groups in total. The number of carbonyl (C=O) groups is 1. The Labute approximate surface area is 88.8 Å². The summed E-state index contributed by atoms with van der Waals surface area (Å²) in [6.45, 7) is 1.91. The molecule has 1 aromatic rings. The SMILES string of the molecule is CC[C@H](C(=O)N(C)N=O)c1ccccc1. The monoisotopic (exact) mass is 206 g/mol. The number of amides is 1. The van der Waals surface area contributed by atoms with Gasteiger partial charge in [0.25, 0.3) is 5.91 Å². The lowest BCUT2D eigenvalue weighted by molar-refractivity contribution is -0.131. The highest BCUT2D eigenvalue weighted by molar-refractivity contribution is 5.83. The Bertz CT molecular complexity index is 338. The average molecular weight is 206 g/mol. The van der Waals surface area contributed by atoms with Gasteiger partial charge in [0.2, 0.25) is 0 Å². The molecule has 0 heterocycles. The third-order valence-corrected chi connectivity index (χ3v) is 2.35. The van der Waals surface area contributed by atoms with Gasteiger partial charge in [0.1, 0.15) is 0 Å². The van der Waals surface area contributed by atoms with Crippen LogP contribution < -0.4 is 0 Å². The van der Waals surface area contributed by atoms with Crippen molar-refractivity contribution in [2.45, 2.75) is 19.3 Å². The summed E-state index contributed by atoms with van der Waals surface area (Å²) in [7, 11) is 1.38. The molecule has 0 aliphatic heterocycles. The van der Waals surface area contributed by atoms with E-state index in [4.69, 9.17) is 0 Å². The van der Waals surface area contributed by atoms with Crippen LogP contribution >= 0.6 is 0 Å². The van der Waals surface area contributed by atoms with E-state index in [1.165, 1.54) is 7.05 Å². The number of hydrogen-bond donors (Lipinski definition) is 0. The van der Waals surface area contributed by atoms with Crippen molar-refractivity contribution in [3.8, 4) is 0 Å². The first-order chi connectivity index (χ1) is 7.20. The van der Waals surface area contributed by atoms with Crippen LogP contribution in [0, 0.1) is 4.91 Å². The molecule has 0 spiro atoms. The van der Waals surface area contributed by atoms with Crippen molar-refractivity contribution < 1.29 is 4.79 Å². The Hall–Kier alpha value is -1.71. The van der Waals surface area contributed by atoms with Crippen LogP contribution in [0.5, 0.6) is 0 Å². The Morgan fingerprint density at radius 3 is 2.47 bits per heavy atom. The number of nitrogens with zero attached hydrogens (tertiary/aromatic N) is 2. The van der Waals surface area contributed by atoms with E-state index in [9.17, 15) is 9.70 Å². The smallest absolute Gasteiger partial charge is 0.252 e. The van der Waals surface area contributed by atoms with Crippen molar-refractivity contribution in [3.05, 3.63) is 40.8 Å². The quantitative estimate of drug-likeness (QED) is 0.560. The fourth-order valence-corrected chi connectivity index (χ4v) is 1.50. The molecule has 4 heteroatoms. The van der Waals surface area contributed by atoms with Gasteiger partial charge < -0.3 is 0 Å². The van der Waals surface area contributed by atoms with Crippen molar-refractivity contribution in [3.63, 3.8) is 0 Å². The number of carbonyl (C=O) groups excluding carboxylic acids is 1. The predicted molar refractivity (Wildman–Crippen MR) is 58.0 cm³/mol. The lowest BCUT2D eigenvalue weighted by Crippen LogP contribution is -2.26. The molecule has 1 rings (SSSR count). The molecule has 80 valence electrons. The van der Waals surface area contributed by atoms with Crippen molar-refractivity contribution >= 4 is 5.91 Å². The lowest BCUT2D eigenvalue weighted by atomic mass is 9.96. The van der Waals surface area contributed by atoms with Crippen LogP contribution in [0.3, 0.4) is 0 Å². The molecule has 4 nitrogen and oxygen atoms in total. The Kier molecular flexibility index (Phi) is 3.97. The second-order valence-electron chi connectivity index (χ2n) is 3.32. The van der Waals surface area contributed by atoms with E-state index >= 15 is 0 Å². The van der Waals surface area contributed by atoms with Crippen molar-refractivity contribution in [1.82, 2.24) is 5.01 Å². The van der Waals surface area contributed by atoms with E-state index in [1.807, 2.05) is 37.3 Å². The summed E-state index contributed by atoms with van der Waals surface area (Å²) in [4.78, 5) is 22.0. The van der Waals surface area contributed by atoms with E-state index in [0.717, 1.165) is 10.6 Å². The zero-order valence-corrected chi connectivity index (χ0v) is 8.88. The summed E-state index contributed by atoms with van der Waals surface area (Å²) < 4.78 is 0. The molecule has 0 unspecified atom stereocenters. The van der Waals surface area contributed by atoms with E-state index in [0.29, 0.717) is 6.42 Å². The molecule has 0 saturated carbocycles. The molecule has 0 aliphatic carbocycles. The van der Waals surface area contributed by atoms with Crippen LogP contribution in [0.4, 0.5) is 0 Å². The Morgan fingerprint density at radius 1 is 1.40 bits per heavy atom. The molecule has 1 aromatic carbocycles. The maximum Gasteiger partial charge on any atom is 0.252 e. The van der Waals surface area contributed by atoms with Gasteiger partial charge in [-0.1, -0.05) is 37.3 Å².